The van der Waals surface area contributed by atoms with E-state index in [4.69, 9.17) is 5.73 Å². The predicted molar refractivity (Wildman–Crippen MR) is 58.9 cm³/mol. The van der Waals surface area contributed by atoms with Crippen molar-refractivity contribution in [2.24, 2.45) is 22.5 Å². The molecule has 14 heavy (non-hydrogen) atoms. The van der Waals surface area contributed by atoms with Crippen LogP contribution >= 0.6 is 0 Å². The number of rotatable bonds is 1. The summed E-state index contributed by atoms with van der Waals surface area (Å²) in [5.41, 5.74) is 8.04. The minimum atomic E-state index is 0.226. The molecule has 2 N–H and O–H groups in total. The van der Waals surface area contributed by atoms with Crippen LogP contribution in [0, 0.1) is 16.7 Å². The second kappa shape index (κ2) is 2.37. The molecule has 80 valence electrons. The molecule has 0 aromatic heterocycles. The fraction of sp³-hybridized carbons (Fsp3) is 1.00. The Balaban J connectivity index is 2.01. The topological polar surface area (TPSA) is 26.0 Å². The van der Waals surface area contributed by atoms with Gasteiger partial charge in [-0.05, 0) is 55.3 Å². The van der Waals surface area contributed by atoms with Crippen LogP contribution in [-0.2, 0) is 0 Å². The molecule has 0 saturated heterocycles. The van der Waals surface area contributed by atoms with Gasteiger partial charge in [0.15, 0.2) is 0 Å². The van der Waals surface area contributed by atoms with Crippen LogP contribution in [0.15, 0.2) is 0 Å². The van der Waals surface area contributed by atoms with Crippen molar-refractivity contribution < 1.29 is 0 Å². The van der Waals surface area contributed by atoms with Crippen LogP contribution in [0.4, 0.5) is 0 Å². The summed E-state index contributed by atoms with van der Waals surface area (Å²) in [7, 11) is 0. The zero-order chi connectivity index (χ0) is 10.0. The van der Waals surface area contributed by atoms with Crippen molar-refractivity contribution in [1.29, 1.82) is 0 Å². The highest BCUT2D eigenvalue weighted by atomic mass is 14.8. The Morgan fingerprint density at radius 1 is 1.14 bits per heavy atom. The van der Waals surface area contributed by atoms with Crippen molar-refractivity contribution in [3.05, 3.63) is 0 Å². The van der Waals surface area contributed by atoms with Crippen molar-refractivity contribution in [1.82, 2.24) is 0 Å². The van der Waals surface area contributed by atoms with Gasteiger partial charge in [-0.1, -0.05) is 20.3 Å². The largest absolute Gasteiger partial charge is 0.325 e. The second-order valence-corrected chi connectivity index (χ2v) is 7.04. The van der Waals surface area contributed by atoms with E-state index in [1.807, 2.05) is 0 Å². The average Bonchev–Trinajstić information content (AvgIpc) is 1.97. The predicted octanol–water partition coefficient (Wildman–Crippen LogP) is 3.08. The molecule has 4 aliphatic rings. The molecule has 4 fully saturated rings. The summed E-state index contributed by atoms with van der Waals surface area (Å²) in [6, 6.07) is 0. The maximum absolute atomic E-state index is 6.57. The third kappa shape index (κ3) is 1.11. The number of hydrogen-bond acceptors (Lipinski definition) is 1. The monoisotopic (exact) mass is 193 g/mol. The highest BCUT2D eigenvalue weighted by molar-refractivity contribution is 5.13. The Kier molecular flexibility index (Phi) is 1.56. The van der Waals surface area contributed by atoms with E-state index in [1.165, 1.54) is 44.9 Å². The highest BCUT2D eigenvalue weighted by Crippen LogP contribution is 2.66. The summed E-state index contributed by atoms with van der Waals surface area (Å²) in [6.45, 7) is 4.86. The molecular weight excluding hydrogens is 170 g/mol. The molecule has 1 nitrogen and oxygen atoms in total. The SMILES string of the molecule is CC[C@]12C[C@H]3C[C@](C)(C[C@](N)(C3)C1)C2. The lowest BCUT2D eigenvalue weighted by molar-refractivity contribution is -0.115. The van der Waals surface area contributed by atoms with Crippen molar-refractivity contribution in [3.8, 4) is 0 Å². The van der Waals surface area contributed by atoms with Gasteiger partial charge in [-0.15, -0.1) is 0 Å². The molecule has 0 radical (unpaired) electrons. The fourth-order valence-corrected chi connectivity index (χ4v) is 5.62. The van der Waals surface area contributed by atoms with Gasteiger partial charge in [-0.2, -0.15) is 0 Å². The molecule has 0 aromatic rings. The summed E-state index contributed by atoms with van der Waals surface area (Å²) in [5, 5.41) is 0. The first kappa shape index (κ1) is 9.21. The maximum Gasteiger partial charge on any atom is 0.0167 e. The van der Waals surface area contributed by atoms with Gasteiger partial charge >= 0.3 is 0 Å². The first-order valence-electron chi connectivity index (χ1n) is 6.26. The molecule has 0 unspecified atom stereocenters. The minimum absolute atomic E-state index is 0.226. The lowest BCUT2D eigenvalue weighted by Crippen LogP contribution is -2.62. The molecule has 0 amide bonds. The first-order chi connectivity index (χ1) is 6.47. The van der Waals surface area contributed by atoms with E-state index >= 15 is 0 Å². The van der Waals surface area contributed by atoms with Crippen LogP contribution in [0.25, 0.3) is 0 Å². The van der Waals surface area contributed by atoms with E-state index in [1.54, 1.807) is 0 Å². The van der Waals surface area contributed by atoms with Crippen molar-refractivity contribution in [2.75, 3.05) is 0 Å². The Hall–Kier alpha value is -0.0400. The molecule has 0 heterocycles. The third-order valence-electron chi connectivity index (χ3n) is 5.26. The van der Waals surface area contributed by atoms with E-state index < -0.39 is 0 Å². The Bertz CT molecular complexity index is 252. The van der Waals surface area contributed by atoms with E-state index in [0.29, 0.717) is 10.8 Å². The molecule has 0 spiro atoms. The molecular formula is C13H23N. The number of hydrogen-bond donors (Lipinski definition) is 1. The van der Waals surface area contributed by atoms with Crippen molar-refractivity contribution in [3.63, 3.8) is 0 Å². The van der Waals surface area contributed by atoms with Gasteiger partial charge in [0.25, 0.3) is 0 Å². The van der Waals surface area contributed by atoms with Crippen LogP contribution in [0.1, 0.15) is 58.8 Å². The summed E-state index contributed by atoms with van der Waals surface area (Å²) < 4.78 is 0. The Labute approximate surface area is 87.4 Å². The van der Waals surface area contributed by atoms with E-state index in [0.717, 1.165) is 5.92 Å². The number of nitrogens with two attached hydrogens (primary N) is 1. The minimum Gasteiger partial charge on any atom is -0.325 e. The van der Waals surface area contributed by atoms with Gasteiger partial charge in [-0.3, -0.25) is 0 Å². The van der Waals surface area contributed by atoms with E-state index in [2.05, 4.69) is 13.8 Å². The molecule has 4 aliphatic carbocycles. The van der Waals surface area contributed by atoms with Crippen molar-refractivity contribution >= 4 is 0 Å². The van der Waals surface area contributed by atoms with Crippen LogP contribution in [0.5, 0.6) is 0 Å². The standard InChI is InChI=1S/C13H23N/c1-3-12-5-10-4-11(2,7-12)8-13(14,6-10)9-12/h10H,3-9,14H2,1-2H3/t10-,11+,12-,13-/m1/s1. The summed E-state index contributed by atoms with van der Waals surface area (Å²) in [4.78, 5) is 0. The normalized spacial score (nSPS) is 60.6. The molecule has 4 bridgehead atoms. The van der Waals surface area contributed by atoms with Crippen LogP contribution in [0.2, 0.25) is 0 Å². The van der Waals surface area contributed by atoms with Gasteiger partial charge in [-0.25, -0.2) is 0 Å². The molecule has 1 heteroatoms. The lowest BCUT2D eigenvalue weighted by Gasteiger charge is -2.65. The van der Waals surface area contributed by atoms with Gasteiger partial charge in [0.05, 0.1) is 0 Å². The zero-order valence-corrected chi connectivity index (χ0v) is 9.60. The van der Waals surface area contributed by atoms with Crippen LogP contribution in [-0.4, -0.2) is 5.54 Å². The smallest absolute Gasteiger partial charge is 0.0167 e. The maximum atomic E-state index is 6.57. The van der Waals surface area contributed by atoms with Crippen molar-refractivity contribution in [2.45, 2.75) is 64.3 Å². The van der Waals surface area contributed by atoms with E-state index in [9.17, 15) is 0 Å². The molecule has 0 aromatic carbocycles. The Morgan fingerprint density at radius 2 is 1.93 bits per heavy atom. The van der Waals surface area contributed by atoms with E-state index in [-0.39, 0.29) is 5.54 Å². The van der Waals surface area contributed by atoms with Gasteiger partial charge < -0.3 is 5.73 Å². The Morgan fingerprint density at radius 3 is 2.50 bits per heavy atom. The van der Waals surface area contributed by atoms with Crippen LogP contribution < -0.4 is 5.73 Å². The second-order valence-electron chi connectivity index (χ2n) is 7.04. The zero-order valence-electron chi connectivity index (χ0n) is 9.60. The molecule has 4 saturated carbocycles. The fourth-order valence-electron chi connectivity index (χ4n) is 5.62. The molecule has 0 aliphatic heterocycles. The first-order valence-corrected chi connectivity index (χ1v) is 6.26. The molecule has 4 atom stereocenters. The average molecular weight is 193 g/mol. The van der Waals surface area contributed by atoms with Gasteiger partial charge in [0, 0.05) is 5.54 Å². The van der Waals surface area contributed by atoms with Crippen LogP contribution in [0.3, 0.4) is 0 Å². The third-order valence-corrected chi connectivity index (χ3v) is 5.26. The molecule has 4 rings (SSSR count). The summed E-state index contributed by atoms with van der Waals surface area (Å²) >= 11 is 0. The summed E-state index contributed by atoms with van der Waals surface area (Å²) in [5.74, 6) is 0.959. The lowest BCUT2D eigenvalue weighted by atomic mass is 9.42. The highest BCUT2D eigenvalue weighted by Gasteiger charge is 2.59. The summed E-state index contributed by atoms with van der Waals surface area (Å²) in [6.07, 6.45) is 9.72. The quantitative estimate of drug-likeness (QED) is 0.680. The van der Waals surface area contributed by atoms with Gasteiger partial charge in [0.2, 0.25) is 0 Å². The van der Waals surface area contributed by atoms with Gasteiger partial charge in [0.1, 0.15) is 0 Å².